The number of benzene rings is 2. The Labute approximate surface area is 115 Å². The predicted octanol–water partition coefficient (Wildman–Crippen LogP) is 5.37. The van der Waals surface area contributed by atoms with Crippen LogP contribution in [0.3, 0.4) is 0 Å². The molecule has 19 heavy (non-hydrogen) atoms. The lowest BCUT2D eigenvalue weighted by Gasteiger charge is -2.05. The summed E-state index contributed by atoms with van der Waals surface area (Å²) in [6.07, 6.45) is 4.46. The van der Waals surface area contributed by atoms with E-state index in [0.29, 0.717) is 0 Å². The van der Waals surface area contributed by atoms with Gasteiger partial charge in [0.05, 0.1) is 0 Å². The first kappa shape index (κ1) is 12.0. The van der Waals surface area contributed by atoms with Crippen molar-refractivity contribution in [1.29, 1.82) is 0 Å². The van der Waals surface area contributed by atoms with Gasteiger partial charge in [0.1, 0.15) is 0 Å². The maximum Gasteiger partial charge on any atom is -0.00697 e. The third kappa shape index (κ3) is 1.94. The van der Waals surface area contributed by atoms with Crippen molar-refractivity contribution < 1.29 is 0 Å². The molecule has 0 aliphatic heterocycles. The van der Waals surface area contributed by atoms with Gasteiger partial charge in [0, 0.05) is 0 Å². The molecule has 0 amide bonds. The minimum atomic E-state index is 1.33. The molecule has 0 fully saturated rings. The first-order valence-corrected chi connectivity index (χ1v) is 6.73. The van der Waals surface area contributed by atoms with Crippen LogP contribution in [0.5, 0.6) is 0 Å². The molecule has 0 heteroatoms. The minimum absolute atomic E-state index is 1.33. The van der Waals surface area contributed by atoms with Gasteiger partial charge in [-0.05, 0) is 54.2 Å². The number of allylic oxidation sites excluding steroid dienone is 3. The molecular formula is C19H18. The van der Waals surface area contributed by atoms with E-state index in [9.17, 15) is 0 Å². The van der Waals surface area contributed by atoms with Crippen LogP contribution in [0.2, 0.25) is 0 Å². The zero-order valence-corrected chi connectivity index (χ0v) is 11.7. The molecule has 1 aliphatic rings. The summed E-state index contributed by atoms with van der Waals surface area (Å²) in [5.74, 6) is 0. The van der Waals surface area contributed by atoms with Crippen LogP contribution in [0.15, 0.2) is 60.2 Å². The first-order chi connectivity index (χ1) is 9.18. The molecule has 2 aromatic carbocycles. The van der Waals surface area contributed by atoms with Crippen LogP contribution in [-0.2, 0) is 0 Å². The molecule has 94 valence electrons. The fraction of sp³-hybridized carbons (Fsp3) is 0.158. The Morgan fingerprint density at radius 3 is 2.26 bits per heavy atom. The SMILES string of the molecule is CC(C)=C/C=C1/c2ccccc2-c2cccc(C)c21. The first-order valence-electron chi connectivity index (χ1n) is 6.73. The number of rotatable bonds is 1. The van der Waals surface area contributed by atoms with E-state index >= 15 is 0 Å². The minimum Gasteiger partial charge on any atom is -0.0764 e. The molecule has 0 N–H and O–H groups in total. The predicted molar refractivity (Wildman–Crippen MR) is 83.1 cm³/mol. The summed E-state index contributed by atoms with van der Waals surface area (Å²) in [6.45, 7) is 6.47. The second-order valence-corrected chi connectivity index (χ2v) is 5.37. The van der Waals surface area contributed by atoms with Gasteiger partial charge in [0.2, 0.25) is 0 Å². The quantitative estimate of drug-likeness (QED) is 0.541. The van der Waals surface area contributed by atoms with Crippen LogP contribution in [0.25, 0.3) is 16.7 Å². The van der Waals surface area contributed by atoms with Crippen molar-refractivity contribution >= 4 is 5.57 Å². The van der Waals surface area contributed by atoms with E-state index in [2.05, 4.69) is 75.4 Å². The largest absolute Gasteiger partial charge is 0.0764 e. The standard InChI is InChI=1S/C19H18/c1-13(2)11-12-18-16-9-5-4-8-15(16)17-10-6-7-14(3)19(17)18/h4-12H,1-3H3/b18-12-. The molecule has 0 saturated carbocycles. The Balaban J connectivity index is 2.32. The smallest absolute Gasteiger partial charge is 0.00697 e. The van der Waals surface area contributed by atoms with E-state index in [1.54, 1.807) is 0 Å². The summed E-state index contributed by atoms with van der Waals surface area (Å²) in [7, 11) is 0. The average Bonchev–Trinajstić information content (AvgIpc) is 2.72. The van der Waals surface area contributed by atoms with Crippen LogP contribution >= 0.6 is 0 Å². The Kier molecular flexibility index (Phi) is 2.87. The molecule has 0 atom stereocenters. The summed E-state index contributed by atoms with van der Waals surface area (Å²) in [5, 5.41) is 0. The van der Waals surface area contributed by atoms with Gasteiger partial charge < -0.3 is 0 Å². The van der Waals surface area contributed by atoms with E-state index in [1.807, 2.05) is 0 Å². The molecule has 0 saturated heterocycles. The Morgan fingerprint density at radius 1 is 0.842 bits per heavy atom. The Bertz CT molecular complexity index is 696. The monoisotopic (exact) mass is 246 g/mol. The lowest BCUT2D eigenvalue weighted by Crippen LogP contribution is -1.85. The highest BCUT2D eigenvalue weighted by Crippen LogP contribution is 2.45. The van der Waals surface area contributed by atoms with Gasteiger partial charge in [-0.2, -0.15) is 0 Å². The van der Waals surface area contributed by atoms with Gasteiger partial charge in [0.25, 0.3) is 0 Å². The lowest BCUT2D eigenvalue weighted by molar-refractivity contribution is 1.39. The molecule has 1 aliphatic carbocycles. The maximum absolute atomic E-state index is 2.26. The molecule has 0 radical (unpaired) electrons. The number of hydrogen-bond acceptors (Lipinski definition) is 0. The molecule has 3 rings (SSSR count). The van der Waals surface area contributed by atoms with Crippen molar-refractivity contribution in [2.75, 3.05) is 0 Å². The second-order valence-electron chi connectivity index (χ2n) is 5.37. The van der Waals surface area contributed by atoms with Crippen LogP contribution in [0, 0.1) is 6.92 Å². The van der Waals surface area contributed by atoms with Crippen LogP contribution < -0.4 is 0 Å². The molecule has 0 spiro atoms. The molecule has 0 unspecified atom stereocenters. The van der Waals surface area contributed by atoms with Crippen molar-refractivity contribution in [1.82, 2.24) is 0 Å². The van der Waals surface area contributed by atoms with E-state index in [-0.39, 0.29) is 0 Å². The summed E-state index contributed by atoms with van der Waals surface area (Å²) in [4.78, 5) is 0. The Morgan fingerprint density at radius 2 is 1.53 bits per heavy atom. The highest BCUT2D eigenvalue weighted by molar-refractivity contribution is 6.02. The van der Waals surface area contributed by atoms with Crippen molar-refractivity contribution in [3.05, 3.63) is 76.9 Å². The van der Waals surface area contributed by atoms with E-state index in [0.717, 1.165) is 0 Å². The number of fused-ring (bicyclic) bond motifs is 3. The van der Waals surface area contributed by atoms with Crippen molar-refractivity contribution in [2.24, 2.45) is 0 Å². The van der Waals surface area contributed by atoms with Crippen molar-refractivity contribution in [3.63, 3.8) is 0 Å². The number of hydrogen-bond donors (Lipinski definition) is 0. The molecule has 0 heterocycles. The van der Waals surface area contributed by atoms with Crippen LogP contribution in [0.4, 0.5) is 0 Å². The highest BCUT2D eigenvalue weighted by atomic mass is 14.3. The summed E-state index contributed by atoms with van der Waals surface area (Å²) < 4.78 is 0. The van der Waals surface area contributed by atoms with Crippen LogP contribution in [-0.4, -0.2) is 0 Å². The van der Waals surface area contributed by atoms with Gasteiger partial charge in [-0.1, -0.05) is 60.2 Å². The normalized spacial score (nSPS) is 14.2. The fourth-order valence-electron chi connectivity index (χ4n) is 2.76. The summed E-state index contributed by atoms with van der Waals surface area (Å²) in [6, 6.07) is 15.3. The molecule has 0 nitrogen and oxygen atoms in total. The second kappa shape index (κ2) is 4.55. The molecule has 0 aromatic heterocycles. The summed E-state index contributed by atoms with van der Waals surface area (Å²) in [5.41, 5.74) is 9.49. The van der Waals surface area contributed by atoms with E-state index in [1.165, 1.54) is 39.0 Å². The number of aryl methyl sites for hydroxylation is 1. The molecule has 2 aromatic rings. The van der Waals surface area contributed by atoms with Crippen molar-refractivity contribution in [3.8, 4) is 11.1 Å². The molecular weight excluding hydrogens is 228 g/mol. The highest BCUT2D eigenvalue weighted by Gasteiger charge is 2.23. The topological polar surface area (TPSA) is 0 Å². The van der Waals surface area contributed by atoms with E-state index in [4.69, 9.17) is 0 Å². The van der Waals surface area contributed by atoms with Gasteiger partial charge >= 0.3 is 0 Å². The van der Waals surface area contributed by atoms with Gasteiger partial charge in [-0.15, -0.1) is 0 Å². The molecule has 0 bridgehead atoms. The summed E-state index contributed by atoms with van der Waals surface area (Å²) >= 11 is 0. The maximum atomic E-state index is 2.26. The van der Waals surface area contributed by atoms with E-state index < -0.39 is 0 Å². The van der Waals surface area contributed by atoms with Gasteiger partial charge in [-0.25, -0.2) is 0 Å². The van der Waals surface area contributed by atoms with Gasteiger partial charge in [-0.3, -0.25) is 0 Å². The third-order valence-corrected chi connectivity index (χ3v) is 3.63. The Hall–Kier alpha value is -2.08. The zero-order valence-electron chi connectivity index (χ0n) is 11.7. The van der Waals surface area contributed by atoms with Crippen molar-refractivity contribution in [2.45, 2.75) is 20.8 Å². The third-order valence-electron chi connectivity index (χ3n) is 3.63. The fourth-order valence-corrected chi connectivity index (χ4v) is 2.76. The van der Waals surface area contributed by atoms with Gasteiger partial charge in [0.15, 0.2) is 0 Å². The van der Waals surface area contributed by atoms with Crippen LogP contribution in [0.1, 0.15) is 30.5 Å². The zero-order chi connectivity index (χ0) is 13.4. The lowest BCUT2D eigenvalue weighted by atomic mass is 9.99. The average molecular weight is 246 g/mol.